The lowest BCUT2D eigenvalue weighted by Crippen LogP contribution is -2.43. The Bertz CT molecular complexity index is 849. The number of nitrogens with zero attached hydrogens (tertiary/aromatic N) is 3. The summed E-state index contributed by atoms with van der Waals surface area (Å²) in [5.41, 5.74) is 2.33. The van der Waals surface area contributed by atoms with E-state index in [9.17, 15) is 9.59 Å². The highest BCUT2D eigenvalue weighted by Crippen LogP contribution is 2.23. The monoisotopic (exact) mass is 478 g/mol. The first kappa shape index (κ1) is 22.0. The predicted octanol–water partition coefficient (Wildman–Crippen LogP) is 2.65. The van der Waals surface area contributed by atoms with Crippen molar-refractivity contribution in [2.45, 2.75) is 13.1 Å². The number of likely N-dealkylation sites (N-methyl/N-ethyl adjacent to an activating group) is 2. The summed E-state index contributed by atoms with van der Waals surface area (Å²) >= 11 is 4.72. The number of hydrogen-bond donors (Lipinski definition) is 1. The van der Waals surface area contributed by atoms with Crippen LogP contribution in [0.25, 0.3) is 0 Å². The number of hydrogen-bond acceptors (Lipinski definition) is 5. The lowest BCUT2D eigenvalue weighted by atomic mass is 10.1. The Morgan fingerprint density at radius 3 is 2.55 bits per heavy atom. The zero-order chi connectivity index (χ0) is 20.8. The van der Waals surface area contributed by atoms with Crippen molar-refractivity contribution in [1.82, 2.24) is 20.0 Å². The van der Waals surface area contributed by atoms with Crippen molar-refractivity contribution in [3.63, 3.8) is 0 Å². The van der Waals surface area contributed by atoms with Gasteiger partial charge in [-0.25, -0.2) is 0 Å². The van der Waals surface area contributed by atoms with Gasteiger partial charge in [0.2, 0.25) is 5.91 Å². The molecule has 0 bridgehead atoms. The Morgan fingerprint density at radius 1 is 1.14 bits per heavy atom. The molecule has 1 aliphatic rings. The highest BCUT2D eigenvalue weighted by atomic mass is 79.9. The van der Waals surface area contributed by atoms with Gasteiger partial charge in [0, 0.05) is 46.3 Å². The van der Waals surface area contributed by atoms with E-state index >= 15 is 0 Å². The highest BCUT2D eigenvalue weighted by Gasteiger charge is 2.17. The Balaban J connectivity index is 1.46. The molecule has 1 fully saturated rings. The zero-order valence-corrected chi connectivity index (χ0v) is 19.3. The van der Waals surface area contributed by atoms with E-state index in [2.05, 4.69) is 50.2 Å². The molecule has 0 unspecified atom stereocenters. The minimum absolute atomic E-state index is 0.0370. The fourth-order valence-corrected chi connectivity index (χ4v) is 4.64. The molecular formula is C21H27BrN4O2S. The molecule has 0 atom stereocenters. The summed E-state index contributed by atoms with van der Waals surface area (Å²) in [4.78, 5) is 31.5. The largest absolute Gasteiger partial charge is 0.350 e. The molecule has 29 heavy (non-hydrogen) atoms. The molecule has 0 aliphatic carbocycles. The number of piperazine rings is 1. The third kappa shape index (κ3) is 6.64. The molecule has 0 radical (unpaired) electrons. The minimum atomic E-state index is -0.166. The van der Waals surface area contributed by atoms with Gasteiger partial charge in [0.05, 0.1) is 15.2 Å². The zero-order valence-electron chi connectivity index (χ0n) is 16.9. The third-order valence-electron chi connectivity index (χ3n) is 4.99. The number of halogens is 1. The maximum atomic E-state index is 12.3. The van der Waals surface area contributed by atoms with Crippen LogP contribution in [0.3, 0.4) is 0 Å². The van der Waals surface area contributed by atoms with Gasteiger partial charge in [-0.15, -0.1) is 11.3 Å². The average Bonchev–Trinajstić information content (AvgIpc) is 3.14. The van der Waals surface area contributed by atoms with Gasteiger partial charge in [0.15, 0.2) is 0 Å². The molecule has 2 aromatic rings. The van der Waals surface area contributed by atoms with E-state index in [1.165, 1.54) is 21.8 Å². The fourth-order valence-electron chi connectivity index (χ4n) is 3.26. The maximum Gasteiger partial charge on any atom is 0.264 e. The molecule has 1 N–H and O–H groups in total. The summed E-state index contributed by atoms with van der Waals surface area (Å²) in [5.74, 6) is -0.314. The fraction of sp³-hybridized carbons (Fsp3) is 0.429. The minimum Gasteiger partial charge on any atom is -0.350 e. The Morgan fingerprint density at radius 2 is 1.86 bits per heavy atom. The van der Waals surface area contributed by atoms with Gasteiger partial charge in [-0.2, -0.15) is 0 Å². The number of rotatable bonds is 7. The number of nitrogens with one attached hydrogen (secondary N) is 1. The van der Waals surface area contributed by atoms with Crippen LogP contribution in [0.4, 0.5) is 0 Å². The van der Waals surface area contributed by atoms with Crippen LogP contribution in [0, 0.1) is 0 Å². The van der Waals surface area contributed by atoms with E-state index in [1.54, 1.807) is 13.1 Å². The van der Waals surface area contributed by atoms with Crippen molar-refractivity contribution in [2.24, 2.45) is 0 Å². The Labute approximate surface area is 184 Å². The van der Waals surface area contributed by atoms with Crippen LogP contribution < -0.4 is 5.32 Å². The number of carbonyl (C=O) groups excluding carboxylic acids is 2. The number of benzene rings is 1. The smallest absolute Gasteiger partial charge is 0.264 e. The van der Waals surface area contributed by atoms with Crippen LogP contribution in [-0.2, 0) is 17.9 Å². The van der Waals surface area contributed by atoms with E-state index in [0.717, 1.165) is 42.1 Å². The summed E-state index contributed by atoms with van der Waals surface area (Å²) in [5, 5.41) is 2.92. The normalized spacial score (nSPS) is 15.3. The Kier molecular flexibility index (Phi) is 7.83. The highest BCUT2D eigenvalue weighted by molar-refractivity contribution is 9.11. The maximum absolute atomic E-state index is 12.3. The molecule has 2 amide bonds. The van der Waals surface area contributed by atoms with Gasteiger partial charge in [0.25, 0.3) is 5.91 Å². The second kappa shape index (κ2) is 10.3. The summed E-state index contributed by atoms with van der Waals surface area (Å²) in [6, 6.07) is 11.9. The lowest BCUT2D eigenvalue weighted by molar-refractivity contribution is -0.121. The molecular weight excluding hydrogens is 452 g/mol. The van der Waals surface area contributed by atoms with Gasteiger partial charge < -0.3 is 15.1 Å². The van der Waals surface area contributed by atoms with Crippen LogP contribution in [0.15, 0.2) is 40.2 Å². The molecule has 8 heteroatoms. The predicted molar refractivity (Wildman–Crippen MR) is 120 cm³/mol. The molecule has 156 valence electrons. The molecule has 0 saturated carbocycles. The second-order valence-corrected chi connectivity index (χ2v) is 9.90. The molecule has 1 aliphatic heterocycles. The quantitative estimate of drug-likeness (QED) is 0.664. The van der Waals surface area contributed by atoms with E-state index in [1.807, 2.05) is 18.2 Å². The standard InChI is InChI=1S/C21H27BrN4O2S/c1-24-8-10-26(11-9-24)14-17-5-3-4-16(12-17)13-23-20(27)15-25(2)21(28)18-6-7-19(22)29-18/h3-7,12H,8-11,13-15H2,1-2H3,(H,23,27). The number of thiophene rings is 1. The first-order valence-corrected chi connectivity index (χ1v) is 11.3. The van der Waals surface area contributed by atoms with E-state index in [0.29, 0.717) is 11.4 Å². The van der Waals surface area contributed by atoms with Crippen molar-refractivity contribution < 1.29 is 9.59 Å². The van der Waals surface area contributed by atoms with Crippen molar-refractivity contribution in [2.75, 3.05) is 46.8 Å². The third-order valence-corrected chi connectivity index (χ3v) is 6.61. The first-order valence-electron chi connectivity index (χ1n) is 9.67. The first-order chi connectivity index (χ1) is 13.9. The van der Waals surface area contributed by atoms with Gasteiger partial charge in [0.1, 0.15) is 0 Å². The van der Waals surface area contributed by atoms with Gasteiger partial charge in [-0.3, -0.25) is 14.5 Å². The van der Waals surface area contributed by atoms with E-state index in [-0.39, 0.29) is 18.4 Å². The molecule has 0 spiro atoms. The number of amides is 2. The number of carbonyl (C=O) groups is 2. The van der Waals surface area contributed by atoms with Crippen LogP contribution >= 0.6 is 27.3 Å². The van der Waals surface area contributed by atoms with Gasteiger partial charge in [-0.05, 0) is 46.2 Å². The van der Waals surface area contributed by atoms with Crippen molar-refractivity contribution in [3.8, 4) is 0 Å². The van der Waals surface area contributed by atoms with Crippen LogP contribution in [-0.4, -0.2) is 73.3 Å². The topological polar surface area (TPSA) is 55.9 Å². The summed E-state index contributed by atoms with van der Waals surface area (Å²) in [6.07, 6.45) is 0. The van der Waals surface area contributed by atoms with Crippen molar-refractivity contribution in [3.05, 3.63) is 56.2 Å². The van der Waals surface area contributed by atoms with Crippen LogP contribution in [0.2, 0.25) is 0 Å². The molecule has 1 aromatic carbocycles. The average molecular weight is 479 g/mol. The lowest BCUT2D eigenvalue weighted by Gasteiger charge is -2.32. The van der Waals surface area contributed by atoms with Gasteiger partial charge in [-0.1, -0.05) is 24.3 Å². The molecule has 1 saturated heterocycles. The molecule has 3 rings (SSSR count). The van der Waals surface area contributed by atoms with Crippen molar-refractivity contribution in [1.29, 1.82) is 0 Å². The molecule has 2 heterocycles. The van der Waals surface area contributed by atoms with Crippen LogP contribution in [0.1, 0.15) is 20.8 Å². The summed E-state index contributed by atoms with van der Waals surface area (Å²) in [7, 11) is 3.80. The van der Waals surface area contributed by atoms with Gasteiger partial charge >= 0.3 is 0 Å². The van der Waals surface area contributed by atoms with E-state index in [4.69, 9.17) is 0 Å². The SMILES string of the molecule is CN1CCN(Cc2cccc(CNC(=O)CN(C)C(=O)c3ccc(Br)s3)c2)CC1. The Hall–Kier alpha value is -1.74. The second-order valence-electron chi connectivity index (χ2n) is 7.44. The molecule has 1 aromatic heterocycles. The van der Waals surface area contributed by atoms with Crippen LogP contribution in [0.5, 0.6) is 0 Å². The summed E-state index contributed by atoms with van der Waals surface area (Å²) < 4.78 is 0.898. The summed E-state index contributed by atoms with van der Waals surface area (Å²) in [6.45, 7) is 5.80. The van der Waals surface area contributed by atoms with E-state index < -0.39 is 0 Å². The molecule has 6 nitrogen and oxygen atoms in total. The van der Waals surface area contributed by atoms with Crippen molar-refractivity contribution >= 4 is 39.1 Å².